The van der Waals surface area contributed by atoms with Gasteiger partial charge in [-0.25, -0.2) is 0 Å². The minimum absolute atomic E-state index is 1.12. The van der Waals surface area contributed by atoms with Crippen LogP contribution in [0.2, 0.25) is 0 Å². The predicted octanol–water partition coefficient (Wildman–Crippen LogP) is 11.5. The first-order valence-electron chi connectivity index (χ1n) is 14.4. The normalized spacial score (nSPS) is 11.7. The lowest BCUT2D eigenvalue weighted by Crippen LogP contribution is -1.84. The Bertz CT molecular complexity index is 303. The molecule has 0 bridgehead atoms. The molecule has 1 radical (unpaired) electrons. The van der Waals surface area contributed by atoms with Crippen molar-refractivity contribution < 1.29 is 0 Å². The van der Waals surface area contributed by atoms with E-state index in [4.69, 9.17) is 0 Å². The fourth-order valence-corrected chi connectivity index (χ4v) is 4.37. The summed E-state index contributed by atoms with van der Waals surface area (Å²) < 4.78 is 0. The van der Waals surface area contributed by atoms with Gasteiger partial charge in [-0.15, -0.1) is 0 Å². The van der Waals surface area contributed by atoms with Crippen LogP contribution in [0.5, 0.6) is 0 Å². The molecule has 0 aromatic heterocycles. The van der Waals surface area contributed by atoms with Crippen LogP contribution in [0.3, 0.4) is 0 Å². The van der Waals surface area contributed by atoms with Crippen molar-refractivity contribution in [3.8, 4) is 0 Å². The van der Waals surface area contributed by atoms with Crippen molar-refractivity contribution >= 4 is 0 Å². The minimum atomic E-state index is 1.12. The number of allylic oxidation sites excluding steroid dienone is 2. The molecule has 0 aliphatic carbocycles. The molecule has 0 aromatic rings. The molecule has 0 aliphatic heterocycles. The van der Waals surface area contributed by atoms with Crippen LogP contribution in [0, 0.1) is 6.92 Å². The first-order chi connectivity index (χ1) is 14.9. The third-order valence-corrected chi connectivity index (χ3v) is 6.51. The van der Waals surface area contributed by atoms with Gasteiger partial charge in [0.15, 0.2) is 0 Å². The Balaban J connectivity index is 3.02. The second-order valence-corrected chi connectivity index (χ2v) is 9.68. The van der Waals surface area contributed by atoms with Crippen molar-refractivity contribution in [3.05, 3.63) is 19.1 Å². The molecule has 0 N–H and O–H groups in total. The maximum atomic E-state index is 3.92. The van der Waals surface area contributed by atoms with Crippen LogP contribution in [-0.4, -0.2) is 0 Å². The molecular weight excluding hydrogens is 360 g/mol. The predicted molar refractivity (Wildman–Crippen MR) is 140 cm³/mol. The van der Waals surface area contributed by atoms with E-state index in [0.717, 1.165) is 6.42 Å². The highest BCUT2D eigenvalue weighted by Crippen LogP contribution is 2.15. The van der Waals surface area contributed by atoms with Crippen LogP contribution in [0.15, 0.2) is 12.2 Å². The van der Waals surface area contributed by atoms with Crippen molar-refractivity contribution in [1.82, 2.24) is 0 Å². The lowest BCUT2D eigenvalue weighted by molar-refractivity contribution is 0.521. The fraction of sp³-hybridized carbons (Fsp3) is 0.900. The number of rotatable bonds is 26. The van der Waals surface area contributed by atoms with Crippen LogP contribution >= 0.6 is 0 Å². The molecule has 0 heterocycles. The number of hydrogen-bond acceptors (Lipinski definition) is 0. The van der Waals surface area contributed by atoms with E-state index < -0.39 is 0 Å². The van der Waals surface area contributed by atoms with E-state index in [9.17, 15) is 0 Å². The van der Waals surface area contributed by atoms with Crippen molar-refractivity contribution in [2.24, 2.45) is 0 Å². The molecule has 0 saturated carbocycles. The van der Waals surface area contributed by atoms with Crippen LogP contribution in [-0.2, 0) is 0 Å². The van der Waals surface area contributed by atoms with Crippen molar-refractivity contribution in [2.45, 2.75) is 174 Å². The van der Waals surface area contributed by atoms with E-state index in [2.05, 4.69) is 26.0 Å². The summed E-state index contributed by atoms with van der Waals surface area (Å²) in [6.45, 7) is 6.20. The summed E-state index contributed by atoms with van der Waals surface area (Å²) in [5.74, 6) is 0. The molecule has 0 heteroatoms. The highest BCUT2D eigenvalue weighted by atomic mass is 14.0. The van der Waals surface area contributed by atoms with Gasteiger partial charge in [-0.1, -0.05) is 167 Å². The standard InChI is InChI=1S/C30H59/c1-3-5-7-9-11-13-15-17-19-21-23-25-27-29-30-28-26-24-22-20-18-16-14-12-10-8-6-4-2/h12,14H,1,3-11,13,15-30H2,2H3. The highest BCUT2D eigenvalue weighted by Gasteiger charge is 1.95. The SMILES string of the molecule is [CH2]CCCCCCCCCCCCCCCCCCCCCCC=CCCCCC. The van der Waals surface area contributed by atoms with Gasteiger partial charge < -0.3 is 0 Å². The summed E-state index contributed by atoms with van der Waals surface area (Å²) >= 11 is 0. The van der Waals surface area contributed by atoms with Crippen molar-refractivity contribution in [2.75, 3.05) is 0 Å². The number of hydrogen-bond donors (Lipinski definition) is 0. The minimum Gasteiger partial charge on any atom is -0.0885 e. The van der Waals surface area contributed by atoms with Gasteiger partial charge in [0.2, 0.25) is 0 Å². The monoisotopic (exact) mass is 419 g/mol. The first-order valence-corrected chi connectivity index (χ1v) is 14.4. The maximum absolute atomic E-state index is 3.92. The van der Waals surface area contributed by atoms with Crippen LogP contribution in [0.4, 0.5) is 0 Å². The van der Waals surface area contributed by atoms with E-state index in [1.54, 1.807) is 0 Å². The molecule has 0 unspecified atom stereocenters. The van der Waals surface area contributed by atoms with Gasteiger partial charge in [0, 0.05) is 0 Å². The van der Waals surface area contributed by atoms with Gasteiger partial charge in [-0.3, -0.25) is 0 Å². The molecule has 30 heavy (non-hydrogen) atoms. The zero-order chi connectivity index (χ0) is 21.8. The Morgan fingerprint density at radius 3 is 0.933 bits per heavy atom. The molecular formula is C30H59. The van der Waals surface area contributed by atoms with Gasteiger partial charge in [0.25, 0.3) is 0 Å². The van der Waals surface area contributed by atoms with Crippen molar-refractivity contribution in [1.29, 1.82) is 0 Å². The zero-order valence-electron chi connectivity index (χ0n) is 21.2. The summed E-state index contributed by atoms with van der Waals surface area (Å²) in [7, 11) is 0. The second kappa shape index (κ2) is 28.7. The summed E-state index contributed by atoms with van der Waals surface area (Å²) in [6, 6.07) is 0. The van der Waals surface area contributed by atoms with E-state index in [0.29, 0.717) is 0 Å². The molecule has 0 rings (SSSR count). The molecule has 0 aliphatic rings. The average Bonchev–Trinajstić information content (AvgIpc) is 2.76. The van der Waals surface area contributed by atoms with Gasteiger partial charge >= 0.3 is 0 Å². The van der Waals surface area contributed by atoms with Crippen LogP contribution in [0.25, 0.3) is 0 Å². The van der Waals surface area contributed by atoms with Crippen LogP contribution < -0.4 is 0 Å². The third-order valence-electron chi connectivity index (χ3n) is 6.51. The lowest BCUT2D eigenvalue weighted by atomic mass is 10.0. The van der Waals surface area contributed by atoms with E-state index in [1.807, 2.05) is 0 Å². The smallest absolute Gasteiger partial charge is 0.0351 e. The second-order valence-electron chi connectivity index (χ2n) is 9.68. The Morgan fingerprint density at radius 1 is 0.367 bits per heavy atom. The molecule has 0 atom stereocenters. The molecule has 0 aromatic carbocycles. The Labute approximate surface area is 193 Å². The van der Waals surface area contributed by atoms with Crippen molar-refractivity contribution in [3.63, 3.8) is 0 Å². The fourth-order valence-electron chi connectivity index (χ4n) is 4.37. The summed E-state index contributed by atoms with van der Waals surface area (Å²) in [5.41, 5.74) is 0. The zero-order valence-corrected chi connectivity index (χ0v) is 21.2. The third kappa shape index (κ3) is 27.7. The molecule has 0 nitrogen and oxygen atoms in total. The lowest BCUT2D eigenvalue weighted by Gasteiger charge is -2.04. The molecule has 0 fully saturated rings. The maximum Gasteiger partial charge on any atom is -0.0351 e. The molecule has 0 amide bonds. The topological polar surface area (TPSA) is 0 Å². The summed E-state index contributed by atoms with van der Waals surface area (Å²) in [4.78, 5) is 0. The average molecular weight is 420 g/mol. The Kier molecular flexibility index (Phi) is 28.5. The van der Waals surface area contributed by atoms with Gasteiger partial charge in [-0.2, -0.15) is 0 Å². The first kappa shape index (κ1) is 29.7. The highest BCUT2D eigenvalue weighted by molar-refractivity contribution is 4.81. The van der Waals surface area contributed by atoms with E-state index in [-0.39, 0.29) is 0 Å². The van der Waals surface area contributed by atoms with Gasteiger partial charge in [0.1, 0.15) is 0 Å². The van der Waals surface area contributed by atoms with Gasteiger partial charge in [-0.05, 0) is 25.7 Å². The Hall–Kier alpha value is -0.260. The summed E-state index contributed by atoms with van der Waals surface area (Å²) in [5, 5.41) is 0. The van der Waals surface area contributed by atoms with E-state index >= 15 is 0 Å². The number of unbranched alkanes of at least 4 members (excludes halogenated alkanes) is 24. The molecule has 179 valence electrons. The molecule has 0 spiro atoms. The molecule has 0 saturated heterocycles. The van der Waals surface area contributed by atoms with Gasteiger partial charge in [0.05, 0.1) is 0 Å². The summed E-state index contributed by atoms with van der Waals surface area (Å²) in [6.07, 6.45) is 41.8. The largest absolute Gasteiger partial charge is 0.0885 e. The van der Waals surface area contributed by atoms with E-state index in [1.165, 1.54) is 161 Å². The Morgan fingerprint density at radius 2 is 0.633 bits per heavy atom. The quantitative estimate of drug-likeness (QED) is 0.0965. The van der Waals surface area contributed by atoms with Crippen LogP contribution in [0.1, 0.15) is 174 Å².